The van der Waals surface area contributed by atoms with Gasteiger partial charge < -0.3 is 0 Å². The summed E-state index contributed by atoms with van der Waals surface area (Å²) in [7, 11) is 0. The van der Waals surface area contributed by atoms with Crippen molar-refractivity contribution in [3.8, 4) is 16.9 Å². The van der Waals surface area contributed by atoms with Crippen LogP contribution < -0.4 is 5.56 Å². The van der Waals surface area contributed by atoms with Gasteiger partial charge in [0, 0.05) is 5.56 Å². The smallest absolute Gasteiger partial charge is 0.265 e. The van der Waals surface area contributed by atoms with Crippen molar-refractivity contribution in [2.75, 3.05) is 0 Å². The molecule has 3 heterocycles. The molecule has 0 fully saturated rings. The number of rotatable bonds is 2. The van der Waals surface area contributed by atoms with Gasteiger partial charge in [0.15, 0.2) is 0 Å². The molecule has 0 aliphatic heterocycles. The van der Waals surface area contributed by atoms with Crippen molar-refractivity contribution in [3.63, 3.8) is 0 Å². The minimum atomic E-state index is -0.236. The summed E-state index contributed by atoms with van der Waals surface area (Å²) in [5, 5.41) is 9.99. The highest BCUT2D eigenvalue weighted by Crippen LogP contribution is 2.25. The fourth-order valence-electron chi connectivity index (χ4n) is 3.54. The van der Waals surface area contributed by atoms with Crippen LogP contribution in [0.1, 0.15) is 11.5 Å². The first-order valence-electron chi connectivity index (χ1n) is 9.04. The fourth-order valence-corrected chi connectivity index (χ4v) is 3.54. The number of para-hydroxylation sites is 1. The highest BCUT2D eigenvalue weighted by Gasteiger charge is 2.17. The van der Waals surface area contributed by atoms with Crippen LogP contribution in [0, 0.1) is 13.8 Å². The summed E-state index contributed by atoms with van der Waals surface area (Å²) in [4.78, 5) is 17.7. The van der Waals surface area contributed by atoms with Crippen LogP contribution in [-0.4, -0.2) is 24.4 Å². The molecular weight excluding hydrogens is 350 g/mol. The number of hydrogen-bond donors (Lipinski definition) is 0. The second kappa shape index (κ2) is 6.13. The Balaban J connectivity index is 1.85. The first-order chi connectivity index (χ1) is 13.6. The van der Waals surface area contributed by atoms with E-state index < -0.39 is 0 Å². The van der Waals surface area contributed by atoms with E-state index in [-0.39, 0.29) is 5.56 Å². The molecule has 3 aromatic heterocycles. The van der Waals surface area contributed by atoms with E-state index in [2.05, 4.69) is 10.1 Å². The maximum absolute atomic E-state index is 13.2. The number of hydrogen-bond acceptors (Lipinski definition) is 4. The molecule has 0 spiro atoms. The minimum Gasteiger partial charge on any atom is -0.265 e. The number of aryl methyl sites for hydroxylation is 2. The Morgan fingerprint density at radius 2 is 1.54 bits per heavy atom. The molecule has 0 aliphatic carbocycles. The van der Waals surface area contributed by atoms with Crippen molar-refractivity contribution in [3.05, 3.63) is 88.6 Å². The SMILES string of the molecule is Cc1nn(-c2ccccc2)c(=O)c2nc(C)n3nc(-c4ccccc4)cc3c12. The van der Waals surface area contributed by atoms with Gasteiger partial charge in [-0.15, -0.1) is 0 Å². The van der Waals surface area contributed by atoms with Crippen LogP contribution in [0.3, 0.4) is 0 Å². The Morgan fingerprint density at radius 1 is 0.857 bits per heavy atom. The first kappa shape index (κ1) is 16.4. The Morgan fingerprint density at radius 3 is 2.25 bits per heavy atom. The van der Waals surface area contributed by atoms with Crippen molar-refractivity contribution in [2.45, 2.75) is 13.8 Å². The third kappa shape index (κ3) is 2.42. The zero-order valence-electron chi connectivity index (χ0n) is 15.5. The predicted molar refractivity (Wildman–Crippen MR) is 109 cm³/mol. The Bertz CT molecular complexity index is 1390. The van der Waals surface area contributed by atoms with Crippen molar-refractivity contribution >= 4 is 16.4 Å². The number of aromatic nitrogens is 5. The van der Waals surface area contributed by atoms with Gasteiger partial charge in [0.25, 0.3) is 5.56 Å². The van der Waals surface area contributed by atoms with Crippen molar-refractivity contribution in [2.24, 2.45) is 0 Å². The fraction of sp³-hybridized carbons (Fsp3) is 0.0909. The number of benzene rings is 2. The van der Waals surface area contributed by atoms with Crippen LogP contribution in [0.5, 0.6) is 0 Å². The lowest BCUT2D eigenvalue weighted by atomic mass is 10.1. The van der Waals surface area contributed by atoms with E-state index in [1.165, 1.54) is 4.68 Å². The van der Waals surface area contributed by atoms with E-state index in [0.717, 1.165) is 33.5 Å². The van der Waals surface area contributed by atoms with Gasteiger partial charge in [-0.3, -0.25) is 4.79 Å². The van der Waals surface area contributed by atoms with E-state index >= 15 is 0 Å². The minimum absolute atomic E-state index is 0.236. The topological polar surface area (TPSA) is 65.1 Å². The molecule has 0 amide bonds. The van der Waals surface area contributed by atoms with Crippen molar-refractivity contribution in [1.82, 2.24) is 24.4 Å². The molecule has 0 bridgehead atoms. The van der Waals surface area contributed by atoms with Crippen LogP contribution in [-0.2, 0) is 0 Å². The summed E-state index contributed by atoms with van der Waals surface area (Å²) >= 11 is 0. The Labute approximate surface area is 160 Å². The summed E-state index contributed by atoms with van der Waals surface area (Å²) in [6.07, 6.45) is 0. The van der Waals surface area contributed by atoms with Crippen LogP contribution in [0.2, 0.25) is 0 Å². The monoisotopic (exact) mass is 367 g/mol. The molecule has 0 unspecified atom stereocenters. The summed E-state index contributed by atoms with van der Waals surface area (Å²) < 4.78 is 3.20. The van der Waals surface area contributed by atoms with Gasteiger partial charge in [-0.05, 0) is 32.0 Å². The van der Waals surface area contributed by atoms with Crippen LogP contribution >= 0.6 is 0 Å². The zero-order chi connectivity index (χ0) is 19.3. The molecule has 136 valence electrons. The van der Waals surface area contributed by atoms with Gasteiger partial charge in [0.2, 0.25) is 0 Å². The van der Waals surface area contributed by atoms with Crippen molar-refractivity contribution in [1.29, 1.82) is 0 Å². The molecular formula is C22H17N5O. The van der Waals surface area contributed by atoms with E-state index in [0.29, 0.717) is 11.3 Å². The maximum atomic E-state index is 13.2. The third-order valence-corrected chi connectivity index (χ3v) is 4.86. The van der Waals surface area contributed by atoms with Gasteiger partial charge in [-0.1, -0.05) is 48.5 Å². The highest BCUT2D eigenvalue weighted by atomic mass is 16.1. The Hall–Kier alpha value is -3.80. The van der Waals surface area contributed by atoms with Gasteiger partial charge in [-0.25, -0.2) is 9.50 Å². The molecule has 0 saturated heterocycles. The van der Waals surface area contributed by atoms with Gasteiger partial charge in [0.1, 0.15) is 11.3 Å². The van der Waals surface area contributed by atoms with Crippen LogP contribution in [0.15, 0.2) is 71.5 Å². The molecule has 5 aromatic rings. The van der Waals surface area contributed by atoms with Gasteiger partial charge in [-0.2, -0.15) is 14.9 Å². The molecule has 6 nitrogen and oxygen atoms in total. The Kier molecular flexibility index (Phi) is 3.58. The second-order valence-electron chi connectivity index (χ2n) is 6.71. The quantitative estimate of drug-likeness (QED) is 0.477. The first-order valence-corrected chi connectivity index (χ1v) is 9.04. The standard InChI is InChI=1S/C22H17N5O/c1-14-20-19-13-18(16-9-5-3-6-10-16)25-26(19)15(2)23-21(20)22(28)27(24-14)17-11-7-4-8-12-17/h3-13H,1-2H3. The van der Waals surface area contributed by atoms with E-state index in [1.807, 2.05) is 80.6 Å². The lowest BCUT2D eigenvalue weighted by Crippen LogP contribution is -2.24. The summed E-state index contributed by atoms with van der Waals surface area (Å²) in [5.41, 5.74) is 4.31. The summed E-state index contributed by atoms with van der Waals surface area (Å²) in [6, 6.07) is 21.3. The normalized spacial score (nSPS) is 11.4. The van der Waals surface area contributed by atoms with E-state index in [1.54, 1.807) is 4.52 Å². The van der Waals surface area contributed by atoms with Crippen LogP contribution in [0.25, 0.3) is 33.4 Å². The largest absolute Gasteiger partial charge is 0.298 e. The maximum Gasteiger partial charge on any atom is 0.298 e. The van der Waals surface area contributed by atoms with Crippen molar-refractivity contribution < 1.29 is 0 Å². The predicted octanol–water partition coefficient (Wildman–Crippen LogP) is 3.71. The number of fused-ring (bicyclic) bond motifs is 3. The molecule has 2 aromatic carbocycles. The third-order valence-electron chi connectivity index (χ3n) is 4.86. The second-order valence-corrected chi connectivity index (χ2v) is 6.71. The lowest BCUT2D eigenvalue weighted by molar-refractivity contribution is 0.791. The lowest BCUT2D eigenvalue weighted by Gasteiger charge is -2.10. The average molecular weight is 367 g/mol. The van der Waals surface area contributed by atoms with Crippen LogP contribution in [0.4, 0.5) is 0 Å². The molecule has 0 saturated carbocycles. The van der Waals surface area contributed by atoms with E-state index in [9.17, 15) is 4.79 Å². The number of nitrogens with zero attached hydrogens (tertiary/aromatic N) is 5. The molecule has 0 atom stereocenters. The van der Waals surface area contributed by atoms with Gasteiger partial charge >= 0.3 is 0 Å². The highest BCUT2D eigenvalue weighted by molar-refractivity contribution is 5.96. The summed E-state index contributed by atoms with van der Waals surface area (Å²) in [6.45, 7) is 3.75. The average Bonchev–Trinajstić information content (AvgIpc) is 3.18. The molecule has 6 heteroatoms. The molecule has 5 rings (SSSR count). The zero-order valence-corrected chi connectivity index (χ0v) is 15.5. The van der Waals surface area contributed by atoms with Gasteiger partial charge in [0.05, 0.1) is 28.0 Å². The molecule has 0 N–H and O–H groups in total. The molecule has 0 radical (unpaired) electrons. The summed E-state index contributed by atoms with van der Waals surface area (Å²) in [5.74, 6) is 0.659. The van der Waals surface area contributed by atoms with E-state index in [4.69, 9.17) is 5.10 Å². The molecule has 28 heavy (non-hydrogen) atoms. The molecule has 0 aliphatic rings.